The molecule has 0 saturated heterocycles. The lowest BCUT2D eigenvalue weighted by molar-refractivity contribution is -0.136. The lowest BCUT2D eigenvalue weighted by atomic mass is 10.2. The molecular formula is C14H8ClF4NO4S. The Hall–Kier alpha value is -2.33. The quantitative estimate of drug-likeness (QED) is 0.764. The van der Waals surface area contributed by atoms with Gasteiger partial charge < -0.3 is 5.11 Å². The Kier molecular flexibility index (Phi) is 4.96. The minimum Gasteiger partial charge on any atom is -0.478 e. The van der Waals surface area contributed by atoms with Crippen LogP contribution in [0.2, 0.25) is 5.02 Å². The molecule has 0 heterocycles. The smallest absolute Gasteiger partial charge is 0.418 e. The van der Waals surface area contributed by atoms with Crippen molar-refractivity contribution < 1.29 is 35.9 Å². The minimum absolute atomic E-state index is 0.283. The second-order valence-corrected chi connectivity index (χ2v) is 6.83. The molecule has 0 bridgehead atoms. The highest BCUT2D eigenvalue weighted by Crippen LogP contribution is 2.37. The minimum atomic E-state index is -4.93. The van der Waals surface area contributed by atoms with E-state index in [1.54, 1.807) is 4.72 Å². The Morgan fingerprint density at radius 1 is 1.12 bits per heavy atom. The average Bonchev–Trinajstić information content (AvgIpc) is 2.47. The number of rotatable bonds is 4. The van der Waals surface area contributed by atoms with E-state index in [1.807, 2.05) is 0 Å². The maximum absolute atomic E-state index is 13.8. The third-order valence-corrected chi connectivity index (χ3v) is 4.61. The van der Waals surface area contributed by atoms with E-state index in [0.29, 0.717) is 18.2 Å². The number of nitrogens with one attached hydrogen (secondary N) is 1. The number of carbonyl (C=O) groups is 1. The van der Waals surface area contributed by atoms with Crippen molar-refractivity contribution in [1.29, 1.82) is 0 Å². The summed E-state index contributed by atoms with van der Waals surface area (Å²) in [7, 11) is -4.83. The lowest BCUT2D eigenvalue weighted by Gasteiger charge is -2.15. The molecule has 0 atom stereocenters. The van der Waals surface area contributed by atoms with Crippen molar-refractivity contribution >= 4 is 33.3 Å². The predicted molar refractivity (Wildman–Crippen MR) is 80.6 cm³/mol. The Balaban J connectivity index is 2.54. The standard InChI is InChI=1S/C14H8ClF4NO4S/c15-8-2-4-11(9(6-8)14(17,18)19)20-25(23,24)12-5-7(13(21)22)1-3-10(12)16/h1-6,20H,(H,21,22). The van der Waals surface area contributed by atoms with Crippen molar-refractivity contribution in [3.63, 3.8) is 0 Å². The van der Waals surface area contributed by atoms with Crippen LogP contribution in [0.5, 0.6) is 0 Å². The van der Waals surface area contributed by atoms with Crippen molar-refractivity contribution in [1.82, 2.24) is 0 Å². The van der Waals surface area contributed by atoms with Crippen LogP contribution in [0.25, 0.3) is 0 Å². The van der Waals surface area contributed by atoms with Gasteiger partial charge in [-0.15, -0.1) is 0 Å². The molecule has 25 heavy (non-hydrogen) atoms. The first-order chi connectivity index (χ1) is 11.4. The molecule has 0 aliphatic carbocycles. The zero-order valence-corrected chi connectivity index (χ0v) is 13.5. The summed E-state index contributed by atoms with van der Waals surface area (Å²) in [4.78, 5) is 9.77. The van der Waals surface area contributed by atoms with Gasteiger partial charge in [-0.1, -0.05) is 11.6 Å². The zero-order chi connectivity index (χ0) is 19.0. The molecule has 0 unspecified atom stereocenters. The predicted octanol–water partition coefficient (Wildman–Crippen LogP) is 4.00. The van der Waals surface area contributed by atoms with E-state index >= 15 is 0 Å². The third kappa shape index (κ3) is 4.20. The number of anilines is 1. The molecule has 11 heteroatoms. The van der Waals surface area contributed by atoms with E-state index in [4.69, 9.17) is 16.7 Å². The third-order valence-electron chi connectivity index (χ3n) is 3.00. The zero-order valence-electron chi connectivity index (χ0n) is 11.9. The molecule has 2 aromatic rings. The molecule has 2 N–H and O–H groups in total. The first kappa shape index (κ1) is 19.0. The number of halogens is 5. The van der Waals surface area contributed by atoms with E-state index in [-0.39, 0.29) is 5.02 Å². The number of benzene rings is 2. The normalized spacial score (nSPS) is 12.0. The van der Waals surface area contributed by atoms with Crippen LogP contribution in [-0.4, -0.2) is 19.5 Å². The molecule has 2 aromatic carbocycles. The first-order valence-electron chi connectivity index (χ1n) is 6.34. The molecule has 0 saturated carbocycles. The number of aromatic carboxylic acids is 1. The van der Waals surface area contributed by atoms with Gasteiger partial charge in [0.1, 0.15) is 10.7 Å². The molecule has 134 valence electrons. The molecule has 5 nitrogen and oxygen atoms in total. The SMILES string of the molecule is O=C(O)c1ccc(F)c(S(=O)(=O)Nc2ccc(Cl)cc2C(F)(F)F)c1. The summed E-state index contributed by atoms with van der Waals surface area (Å²) < 4.78 is 78.8. The second-order valence-electron chi connectivity index (χ2n) is 4.74. The van der Waals surface area contributed by atoms with Crippen LogP contribution >= 0.6 is 11.6 Å². The molecule has 0 aromatic heterocycles. The molecule has 2 rings (SSSR count). The fourth-order valence-corrected chi connectivity index (χ4v) is 3.24. The van der Waals surface area contributed by atoms with E-state index in [1.165, 1.54) is 0 Å². The number of hydrogen-bond donors (Lipinski definition) is 2. The number of carboxylic acids is 1. The van der Waals surface area contributed by atoms with E-state index in [2.05, 4.69) is 0 Å². The number of sulfonamides is 1. The Morgan fingerprint density at radius 2 is 1.76 bits per heavy atom. The fraction of sp³-hybridized carbons (Fsp3) is 0.0714. The maximum Gasteiger partial charge on any atom is 0.418 e. The topological polar surface area (TPSA) is 83.5 Å². The highest BCUT2D eigenvalue weighted by atomic mass is 35.5. The highest BCUT2D eigenvalue weighted by Gasteiger charge is 2.35. The Morgan fingerprint density at radius 3 is 2.32 bits per heavy atom. The first-order valence-corrected chi connectivity index (χ1v) is 8.20. The van der Waals surface area contributed by atoms with Crippen LogP contribution < -0.4 is 4.72 Å². The summed E-state index contributed by atoms with van der Waals surface area (Å²) in [5.41, 5.74) is -2.80. The summed E-state index contributed by atoms with van der Waals surface area (Å²) >= 11 is 5.49. The van der Waals surface area contributed by atoms with Crippen molar-refractivity contribution in [3.05, 3.63) is 58.4 Å². The molecule has 0 amide bonds. The van der Waals surface area contributed by atoms with Crippen LogP contribution in [0, 0.1) is 5.82 Å². The molecule has 0 radical (unpaired) electrons. The number of alkyl halides is 3. The van der Waals surface area contributed by atoms with Crippen LogP contribution in [0.3, 0.4) is 0 Å². The van der Waals surface area contributed by atoms with Gasteiger partial charge in [0.25, 0.3) is 10.0 Å². The van der Waals surface area contributed by atoms with Gasteiger partial charge in [-0.25, -0.2) is 17.6 Å². The molecular weight excluding hydrogens is 390 g/mol. The largest absolute Gasteiger partial charge is 0.478 e. The van der Waals surface area contributed by atoms with E-state index in [0.717, 1.165) is 18.2 Å². The van der Waals surface area contributed by atoms with E-state index < -0.39 is 49.7 Å². The second kappa shape index (κ2) is 6.52. The van der Waals surface area contributed by atoms with Gasteiger partial charge >= 0.3 is 12.1 Å². The highest BCUT2D eigenvalue weighted by molar-refractivity contribution is 7.92. The molecule has 0 aliphatic heterocycles. The van der Waals surface area contributed by atoms with Crippen molar-refractivity contribution in [2.45, 2.75) is 11.1 Å². The maximum atomic E-state index is 13.8. The average molecular weight is 398 g/mol. The number of hydrogen-bond acceptors (Lipinski definition) is 3. The van der Waals surface area contributed by atoms with Gasteiger partial charge in [0.05, 0.1) is 16.8 Å². The van der Waals surface area contributed by atoms with Gasteiger partial charge in [0.15, 0.2) is 0 Å². The lowest BCUT2D eigenvalue weighted by Crippen LogP contribution is -2.18. The van der Waals surface area contributed by atoms with Crippen molar-refractivity contribution in [2.24, 2.45) is 0 Å². The molecule has 0 aliphatic rings. The van der Waals surface area contributed by atoms with Crippen LogP contribution in [0.15, 0.2) is 41.3 Å². The van der Waals surface area contributed by atoms with Crippen molar-refractivity contribution in [2.75, 3.05) is 4.72 Å². The Labute approximate surface area is 143 Å². The van der Waals surface area contributed by atoms with Gasteiger partial charge in [0.2, 0.25) is 0 Å². The fourth-order valence-electron chi connectivity index (χ4n) is 1.88. The summed E-state index contributed by atoms with van der Waals surface area (Å²) in [5.74, 6) is -2.85. The Bertz CT molecular complexity index is 944. The molecule has 0 spiro atoms. The van der Waals surface area contributed by atoms with Crippen LogP contribution in [-0.2, 0) is 16.2 Å². The van der Waals surface area contributed by atoms with Crippen LogP contribution in [0.4, 0.5) is 23.2 Å². The summed E-state index contributed by atoms with van der Waals surface area (Å²) in [6, 6.07) is 4.19. The van der Waals surface area contributed by atoms with Gasteiger partial charge in [-0.05, 0) is 36.4 Å². The summed E-state index contributed by atoms with van der Waals surface area (Å²) in [6.07, 6.45) is -4.93. The van der Waals surface area contributed by atoms with Gasteiger partial charge in [-0.2, -0.15) is 13.2 Å². The van der Waals surface area contributed by atoms with E-state index in [9.17, 15) is 30.8 Å². The summed E-state index contributed by atoms with van der Waals surface area (Å²) in [6.45, 7) is 0. The van der Waals surface area contributed by atoms with Gasteiger partial charge in [-0.3, -0.25) is 4.72 Å². The monoisotopic (exact) mass is 397 g/mol. The molecule has 0 fully saturated rings. The summed E-state index contributed by atoms with van der Waals surface area (Å²) in [5, 5.41) is 8.55. The number of carboxylic acid groups (broad SMARTS) is 1. The van der Waals surface area contributed by atoms with Crippen LogP contribution in [0.1, 0.15) is 15.9 Å². The van der Waals surface area contributed by atoms with Crippen molar-refractivity contribution in [3.8, 4) is 0 Å². The van der Waals surface area contributed by atoms with Gasteiger partial charge in [0, 0.05) is 5.02 Å².